The molecule has 1 aromatic heterocycles. The van der Waals surface area contributed by atoms with Gasteiger partial charge in [0.25, 0.3) is 5.91 Å². The van der Waals surface area contributed by atoms with E-state index in [2.05, 4.69) is 20.5 Å². The van der Waals surface area contributed by atoms with E-state index in [0.717, 1.165) is 31.6 Å². The van der Waals surface area contributed by atoms with Gasteiger partial charge in [0.15, 0.2) is 4.87 Å². The highest BCUT2D eigenvalue weighted by atomic mass is 32.2. The molecule has 0 saturated carbocycles. The Balaban J connectivity index is 1.80. The maximum Gasteiger partial charge on any atom is 0.262 e. The van der Waals surface area contributed by atoms with Gasteiger partial charge in [-0.25, -0.2) is 0 Å². The molecule has 0 radical (unpaired) electrons. The molecule has 0 aliphatic carbocycles. The van der Waals surface area contributed by atoms with E-state index in [-0.39, 0.29) is 11.9 Å². The highest BCUT2D eigenvalue weighted by Gasteiger charge is 2.43. The largest absolute Gasteiger partial charge is 0.392 e. The molecule has 9 heteroatoms. The van der Waals surface area contributed by atoms with Gasteiger partial charge in [-0.05, 0) is 33.0 Å². The monoisotopic (exact) mass is 377 g/mol. The lowest BCUT2D eigenvalue weighted by Crippen LogP contribution is -2.54. The van der Waals surface area contributed by atoms with Crippen molar-refractivity contribution in [3.8, 4) is 0 Å². The van der Waals surface area contributed by atoms with Crippen LogP contribution >= 0.6 is 11.8 Å². The summed E-state index contributed by atoms with van der Waals surface area (Å²) in [5.41, 5.74) is 13.7. The second-order valence-corrected chi connectivity index (χ2v) is 8.43. The van der Waals surface area contributed by atoms with Crippen LogP contribution in [0.4, 0.5) is 11.4 Å². The van der Waals surface area contributed by atoms with Crippen molar-refractivity contribution in [3.05, 3.63) is 29.7 Å². The van der Waals surface area contributed by atoms with Crippen molar-refractivity contribution in [2.24, 2.45) is 11.5 Å². The molecule has 3 heterocycles. The van der Waals surface area contributed by atoms with E-state index >= 15 is 0 Å². The number of hydrogen-bond acceptors (Lipinski definition) is 8. The Morgan fingerprint density at radius 2 is 2.38 bits per heavy atom. The Bertz CT molecular complexity index is 695. The highest BCUT2D eigenvalue weighted by Crippen LogP contribution is 2.35. The smallest absolute Gasteiger partial charge is 0.262 e. The first kappa shape index (κ1) is 18.8. The third-order valence-electron chi connectivity index (χ3n) is 4.49. The lowest BCUT2D eigenvalue weighted by molar-refractivity contribution is -0.119. The molecule has 1 aromatic rings. The molecule has 1 amide bonds. The van der Waals surface area contributed by atoms with E-state index in [1.807, 2.05) is 25.1 Å². The van der Waals surface area contributed by atoms with Crippen molar-refractivity contribution >= 4 is 29.0 Å². The number of aromatic nitrogens is 1. The molecule has 0 aromatic carbocycles. The molecule has 0 bridgehead atoms. The number of anilines is 2. The van der Waals surface area contributed by atoms with Gasteiger partial charge in [-0.15, -0.1) is 0 Å². The quantitative estimate of drug-likeness (QED) is 0.580. The van der Waals surface area contributed by atoms with Gasteiger partial charge in [0.2, 0.25) is 0 Å². The zero-order chi connectivity index (χ0) is 18.7. The van der Waals surface area contributed by atoms with Crippen molar-refractivity contribution in [2.45, 2.75) is 23.8 Å². The molecule has 26 heavy (non-hydrogen) atoms. The number of hydrogen-bond donors (Lipinski definition) is 4. The fourth-order valence-corrected chi connectivity index (χ4v) is 4.47. The normalized spacial score (nSPS) is 25.8. The fraction of sp³-hybridized carbons (Fsp3) is 0.529. The SMILES string of the molecule is CN(C)C[C@]1(C(=O)Nc2cnccc2N2CCCC(N)C2)NC=C(N)S1. The molecule has 1 saturated heterocycles. The van der Waals surface area contributed by atoms with E-state index in [0.29, 0.717) is 17.3 Å². The van der Waals surface area contributed by atoms with Gasteiger partial charge in [-0.1, -0.05) is 11.8 Å². The van der Waals surface area contributed by atoms with Crippen molar-refractivity contribution < 1.29 is 4.79 Å². The van der Waals surface area contributed by atoms with E-state index < -0.39 is 4.87 Å². The van der Waals surface area contributed by atoms with Crippen LogP contribution in [0.3, 0.4) is 0 Å². The van der Waals surface area contributed by atoms with Gasteiger partial charge >= 0.3 is 0 Å². The molecule has 1 fully saturated rings. The minimum atomic E-state index is -0.862. The molecule has 2 aliphatic heterocycles. The number of likely N-dealkylation sites (N-methyl/N-ethyl adjacent to an activating group) is 1. The molecule has 2 atom stereocenters. The number of carbonyl (C=O) groups is 1. The third-order valence-corrected chi connectivity index (χ3v) is 5.62. The van der Waals surface area contributed by atoms with Crippen LogP contribution in [-0.2, 0) is 4.79 Å². The molecule has 2 aliphatic rings. The first-order valence-corrected chi connectivity index (χ1v) is 9.54. The summed E-state index contributed by atoms with van der Waals surface area (Å²) in [6, 6.07) is 2.07. The number of nitrogens with one attached hydrogen (secondary N) is 2. The molecular weight excluding hydrogens is 350 g/mol. The maximum atomic E-state index is 13.1. The second-order valence-electron chi connectivity index (χ2n) is 7.05. The van der Waals surface area contributed by atoms with Gasteiger partial charge in [0.1, 0.15) is 0 Å². The number of carbonyl (C=O) groups excluding carboxylic acids is 1. The lowest BCUT2D eigenvalue weighted by Gasteiger charge is -2.35. The van der Waals surface area contributed by atoms with E-state index in [1.165, 1.54) is 11.8 Å². The summed E-state index contributed by atoms with van der Waals surface area (Å²) in [6.07, 6.45) is 7.18. The molecule has 0 spiro atoms. The number of pyridine rings is 1. The van der Waals surface area contributed by atoms with E-state index in [1.54, 1.807) is 18.6 Å². The van der Waals surface area contributed by atoms with Crippen LogP contribution in [0.5, 0.6) is 0 Å². The van der Waals surface area contributed by atoms with E-state index in [4.69, 9.17) is 11.5 Å². The summed E-state index contributed by atoms with van der Waals surface area (Å²) < 4.78 is 0. The molecule has 6 N–H and O–H groups in total. The van der Waals surface area contributed by atoms with Crippen LogP contribution in [0.25, 0.3) is 0 Å². The Morgan fingerprint density at radius 3 is 3.04 bits per heavy atom. The van der Waals surface area contributed by atoms with Gasteiger partial charge in [0, 0.05) is 38.1 Å². The second kappa shape index (κ2) is 7.73. The Morgan fingerprint density at radius 1 is 1.58 bits per heavy atom. The molecule has 3 rings (SSSR count). The van der Waals surface area contributed by atoms with Gasteiger partial charge in [-0.3, -0.25) is 9.78 Å². The van der Waals surface area contributed by atoms with Gasteiger partial charge in [0.05, 0.1) is 22.6 Å². The summed E-state index contributed by atoms with van der Waals surface area (Å²) in [6.45, 7) is 2.20. The Labute approximate surface area is 158 Å². The number of amides is 1. The minimum absolute atomic E-state index is 0.150. The standard InChI is InChI=1S/C17H27N7OS/c1-23(2)11-17(21-9-15(19)26-17)16(25)22-13-8-20-6-5-14(13)24-7-3-4-12(18)10-24/h5-6,8-9,12,21H,3-4,7,10-11,18-19H2,1-2H3,(H,22,25)/t12?,17-/m0/s1. The first-order chi connectivity index (χ1) is 12.4. The van der Waals surface area contributed by atoms with Crippen molar-refractivity contribution in [1.29, 1.82) is 0 Å². The number of nitrogens with two attached hydrogens (primary N) is 2. The summed E-state index contributed by atoms with van der Waals surface area (Å²) in [5.74, 6) is -0.150. The molecule has 1 unspecified atom stereocenters. The maximum absolute atomic E-state index is 13.1. The molecule has 142 valence electrons. The van der Waals surface area contributed by atoms with Crippen LogP contribution in [0, 0.1) is 0 Å². The number of thioether (sulfide) groups is 1. The summed E-state index contributed by atoms with van der Waals surface area (Å²) in [7, 11) is 3.85. The molecule has 8 nitrogen and oxygen atoms in total. The van der Waals surface area contributed by atoms with Crippen LogP contribution in [0.1, 0.15) is 12.8 Å². The Kier molecular flexibility index (Phi) is 5.59. The van der Waals surface area contributed by atoms with Gasteiger partial charge < -0.3 is 31.9 Å². The minimum Gasteiger partial charge on any atom is -0.392 e. The average molecular weight is 378 g/mol. The summed E-state index contributed by atoms with van der Waals surface area (Å²) in [4.78, 5) is 20.6. The van der Waals surface area contributed by atoms with Gasteiger partial charge in [-0.2, -0.15) is 0 Å². The third kappa shape index (κ3) is 4.05. The zero-order valence-corrected chi connectivity index (χ0v) is 16.1. The highest BCUT2D eigenvalue weighted by molar-refractivity contribution is 8.05. The summed E-state index contributed by atoms with van der Waals surface area (Å²) in [5, 5.41) is 6.79. The zero-order valence-electron chi connectivity index (χ0n) is 15.2. The summed E-state index contributed by atoms with van der Waals surface area (Å²) >= 11 is 1.33. The number of nitrogens with zero attached hydrogens (tertiary/aromatic N) is 3. The predicted molar refractivity (Wildman–Crippen MR) is 107 cm³/mol. The fourth-order valence-electron chi connectivity index (χ4n) is 3.37. The van der Waals surface area contributed by atoms with Crippen LogP contribution in [0.15, 0.2) is 29.7 Å². The van der Waals surface area contributed by atoms with Crippen LogP contribution in [0.2, 0.25) is 0 Å². The average Bonchev–Trinajstić information content (AvgIpc) is 2.96. The first-order valence-electron chi connectivity index (χ1n) is 8.73. The Hall–Kier alpha value is -1.97. The number of piperidine rings is 1. The van der Waals surface area contributed by atoms with E-state index in [9.17, 15) is 4.79 Å². The van der Waals surface area contributed by atoms with Crippen LogP contribution < -0.4 is 27.0 Å². The van der Waals surface area contributed by atoms with Crippen molar-refractivity contribution in [1.82, 2.24) is 15.2 Å². The molecular formula is C17H27N7OS. The van der Waals surface area contributed by atoms with Crippen molar-refractivity contribution in [2.75, 3.05) is 43.9 Å². The lowest BCUT2D eigenvalue weighted by atomic mass is 10.1. The topological polar surface area (TPSA) is 113 Å². The number of rotatable bonds is 5. The van der Waals surface area contributed by atoms with Crippen LogP contribution in [-0.4, -0.2) is 60.4 Å². The van der Waals surface area contributed by atoms with Crippen molar-refractivity contribution in [3.63, 3.8) is 0 Å². The predicted octanol–water partition coefficient (Wildman–Crippen LogP) is 0.300.